The summed E-state index contributed by atoms with van der Waals surface area (Å²) in [6, 6.07) is 14.9. The molecule has 0 spiro atoms. The lowest BCUT2D eigenvalue weighted by atomic mass is 10.2. The van der Waals surface area contributed by atoms with Crippen molar-refractivity contribution >= 4 is 29.3 Å². The molecule has 23 heavy (non-hydrogen) atoms. The van der Waals surface area contributed by atoms with Crippen molar-refractivity contribution in [2.75, 3.05) is 18.9 Å². The summed E-state index contributed by atoms with van der Waals surface area (Å²) in [5, 5.41) is 3.56. The molecule has 1 aliphatic rings. The van der Waals surface area contributed by atoms with E-state index in [0.717, 1.165) is 10.6 Å². The zero-order valence-corrected chi connectivity index (χ0v) is 13.9. The van der Waals surface area contributed by atoms with E-state index in [2.05, 4.69) is 5.32 Å². The lowest BCUT2D eigenvalue weighted by Crippen LogP contribution is -2.41. The third-order valence-corrected chi connectivity index (χ3v) is 4.54. The minimum absolute atomic E-state index is 0.0348. The van der Waals surface area contributed by atoms with Gasteiger partial charge in [-0.05, 0) is 36.4 Å². The number of rotatable bonds is 5. The lowest BCUT2D eigenvalue weighted by Gasteiger charge is -2.26. The first-order valence-electron chi connectivity index (χ1n) is 7.24. The van der Waals surface area contributed by atoms with Gasteiger partial charge in [-0.2, -0.15) is 0 Å². The van der Waals surface area contributed by atoms with Gasteiger partial charge in [-0.25, -0.2) is 0 Å². The normalized spacial score (nSPS) is 16.0. The highest BCUT2D eigenvalue weighted by atomic mass is 35.5. The predicted molar refractivity (Wildman–Crippen MR) is 91.5 cm³/mol. The van der Waals surface area contributed by atoms with Gasteiger partial charge in [0.2, 0.25) is 5.91 Å². The summed E-state index contributed by atoms with van der Waals surface area (Å²) >= 11 is 7.30. The van der Waals surface area contributed by atoms with Crippen LogP contribution in [0.2, 0.25) is 5.02 Å². The summed E-state index contributed by atoms with van der Waals surface area (Å²) in [4.78, 5) is 12.9. The first-order chi connectivity index (χ1) is 11.2. The zero-order chi connectivity index (χ0) is 16.1. The highest BCUT2D eigenvalue weighted by Crippen LogP contribution is 2.30. The van der Waals surface area contributed by atoms with Crippen molar-refractivity contribution in [2.45, 2.75) is 11.0 Å². The fourth-order valence-corrected chi connectivity index (χ4v) is 2.98. The number of thioether (sulfide) groups is 1. The fraction of sp³-hybridized carbons (Fsp3) is 0.235. The van der Waals surface area contributed by atoms with Gasteiger partial charge in [0.1, 0.15) is 12.7 Å². The molecule has 1 N–H and O–H groups in total. The predicted octanol–water partition coefficient (Wildman–Crippen LogP) is 3.39. The van der Waals surface area contributed by atoms with Gasteiger partial charge >= 0.3 is 0 Å². The van der Waals surface area contributed by atoms with Crippen molar-refractivity contribution in [3.63, 3.8) is 0 Å². The van der Waals surface area contributed by atoms with Crippen LogP contribution in [-0.4, -0.2) is 30.9 Å². The van der Waals surface area contributed by atoms with Crippen LogP contribution in [0.25, 0.3) is 0 Å². The molecule has 0 bridgehead atoms. The molecule has 1 aliphatic heterocycles. The Hall–Kier alpha value is -1.85. The maximum absolute atomic E-state index is 11.9. The molecule has 0 aliphatic carbocycles. The SMILES string of the molecule is O=C(CSc1ccc(Cl)cc1)NC[C@@H]1COc2ccccc2O1. The molecule has 1 heterocycles. The van der Waals surface area contributed by atoms with Crippen LogP contribution in [0.15, 0.2) is 53.4 Å². The van der Waals surface area contributed by atoms with Gasteiger partial charge in [0.15, 0.2) is 11.5 Å². The molecule has 1 atom stereocenters. The Morgan fingerprint density at radius 1 is 1.17 bits per heavy atom. The Labute approximate surface area is 144 Å². The van der Waals surface area contributed by atoms with E-state index < -0.39 is 0 Å². The molecule has 120 valence electrons. The Morgan fingerprint density at radius 3 is 2.70 bits per heavy atom. The number of amides is 1. The Balaban J connectivity index is 1.42. The molecular weight excluding hydrogens is 334 g/mol. The minimum atomic E-state index is -0.172. The average Bonchev–Trinajstić information content (AvgIpc) is 2.59. The molecule has 0 unspecified atom stereocenters. The highest BCUT2D eigenvalue weighted by molar-refractivity contribution is 8.00. The van der Waals surface area contributed by atoms with E-state index in [-0.39, 0.29) is 12.0 Å². The van der Waals surface area contributed by atoms with E-state index >= 15 is 0 Å². The van der Waals surface area contributed by atoms with Crippen LogP contribution in [0.3, 0.4) is 0 Å². The van der Waals surface area contributed by atoms with E-state index in [1.54, 1.807) is 0 Å². The number of carbonyl (C=O) groups excluding carboxylic acids is 1. The molecule has 0 fully saturated rings. The molecule has 6 heteroatoms. The fourth-order valence-electron chi connectivity index (χ4n) is 2.12. The summed E-state index contributed by atoms with van der Waals surface area (Å²) in [6.45, 7) is 0.857. The van der Waals surface area contributed by atoms with Crippen LogP contribution < -0.4 is 14.8 Å². The van der Waals surface area contributed by atoms with Crippen molar-refractivity contribution in [3.8, 4) is 11.5 Å². The molecule has 2 aromatic carbocycles. The number of ether oxygens (including phenoxy) is 2. The summed E-state index contributed by atoms with van der Waals surface area (Å²) in [5.41, 5.74) is 0. The molecular formula is C17H16ClNO3S. The number of halogens is 1. The van der Waals surface area contributed by atoms with Crippen LogP contribution in [0.1, 0.15) is 0 Å². The highest BCUT2D eigenvalue weighted by Gasteiger charge is 2.20. The maximum atomic E-state index is 11.9. The van der Waals surface area contributed by atoms with E-state index in [1.807, 2.05) is 48.5 Å². The van der Waals surface area contributed by atoms with Crippen molar-refractivity contribution < 1.29 is 14.3 Å². The first-order valence-corrected chi connectivity index (χ1v) is 8.60. The van der Waals surface area contributed by atoms with Crippen LogP contribution in [0.4, 0.5) is 0 Å². The number of hydrogen-bond donors (Lipinski definition) is 1. The second-order valence-electron chi connectivity index (χ2n) is 5.04. The molecule has 3 rings (SSSR count). The smallest absolute Gasteiger partial charge is 0.230 e. The van der Waals surface area contributed by atoms with Crippen LogP contribution >= 0.6 is 23.4 Å². The molecule has 1 amide bonds. The number of benzene rings is 2. The number of carbonyl (C=O) groups is 1. The lowest BCUT2D eigenvalue weighted by molar-refractivity contribution is -0.119. The molecule has 2 aromatic rings. The van der Waals surface area contributed by atoms with Gasteiger partial charge in [0.25, 0.3) is 0 Å². The van der Waals surface area contributed by atoms with Gasteiger partial charge in [-0.3, -0.25) is 4.79 Å². The van der Waals surface area contributed by atoms with Gasteiger partial charge < -0.3 is 14.8 Å². The second kappa shape index (κ2) is 7.62. The molecule has 0 saturated carbocycles. The summed E-state index contributed by atoms with van der Waals surface area (Å²) in [7, 11) is 0. The molecule has 0 saturated heterocycles. The summed E-state index contributed by atoms with van der Waals surface area (Å²) in [5.74, 6) is 1.78. The largest absolute Gasteiger partial charge is 0.486 e. The van der Waals surface area contributed by atoms with Gasteiger partial charge in [-0.15, -0.1) is 11.8 Å². The minimum Gasteiger partial charge on any atom is -0.486 e. The van der Waals surface area contributed by atoms with Crippen molar-refractivity contribution in [1.29, 1.82) is 0 Å². The second-order valence-corrected chi connectivity index (χ2v) is 6.53. The zero-order valence-electron chi connectivity index (χ0n) is 12.3. The molecule has 0 aromatic heterocycles. The third kappa shape index (κ3) is 4.56. The molecule has 4 nitrogen and oxygen atoms in total. The van der Waals surface area contributed by atoms with Crippen molar-refractivity contribution in [2.24, 2.45) is 0 Å². The monoisotopic (exact) mass is 349 g/mol. The van der Waals surface area contributed by atoms with Crippen LogP contribution in [-0.2, 0) is 4.79 Å². The molecule has 0 radical (unpaired) electrons. The van der Waals surface area contributed by atoms with E-state index in [4.69, 9.17) is 21.1 Å². The van der Waals surface area contributed by atoms with Crippen molar-refractivity contribution in [3.05, 3.63) is 53.6 Å². The van der Waals surface area contributed by atoms with Crippen LogP contribution in [0, 0.1) is 0 Å². The Kier molecular flexibility index (Phi) is 5.31. The number of hydrogen-bond acceptors (Lipinski definition) is 4. The topological polar surface area (TPSA) is 47.6 Å². The standard InChI is InChI=1S/C17H16ClNO3S/c18-12-5-7-14(8-6-12)23-11-17(20)19-9-13-10-21-15-3-1-2-4-16(15)22-13/h1-8,13H,9-11H2,(H,19,20)/t13-/m1/s1. The maximum Gasteiger partial charge on any atom is 0.230 e. The number of fused-ring (bicyclic) bond motifs is 1. The van der Waals surface area contributed by atoms with Gasteiger partial charge in [-0.1, -0.05) is 23.7 Å². The van der Waals surface area contributed by atoms with Crippen molar-refractivity contribution in [1.82, 2.24) is 5.32 Å². The first kappa shape index (κ1) is 16.0. The quantitative estimate of drug-likeness (QED) is 0.840. The summed E-state index contributed by atoms with van der Waals surface area (Å²) < 4.78 is 11.4. The number of para-hydroxylation sites is 2. The Morgan fingerprint density at radius 2 is 1.91 bits per heavy atom. The van der Waals surface area contributed by atoms with E-state index in [9.17, 15) is 4.79 Å². The van der Waals surface area contributed by atoms with Gasteiger partial charge in [0, 0.05) is 9.92 Å². The average molecular weight is 350 g/mol. The summed E-state index contributed by atoms with van der Waals surface area (Å²) in [6.07, 6.45) is -0.172. The van der Waals surface area contributed by atoms with Gasteiger partial charge in [0.05, 0.1) is 12.3 Å². The van der Waals surface area contributed by atoms with E-state index in [0.29, 0.717) is 29.7 Å². The third-order valence-electron chi connectivity index (χ3n) is 3.28. The Bertz CT molecular complexity index is 678. The van der Waals surface area contributed by atoms with Crippen LogP contribution in [0.5, 0.6) is 11.5 Å². The number of nitrogens with one attached hydrogen (secondary N) is 1. The van der Waals surface area contributed by atoms with E-state index in [1.165, 1.54) is 11.8 Å².